The normalized spacial score (nSPS) is 18.8. The van der Waals surface area contributed by atoms with Crippen LogP contribution in [-0.2, 0) is 4.79 Å². The summed E-state index contributed by atoms with van der Waals surface area (Å²) in [5.74, 6) is -0.145. The Hall–Kier alpha value is -2.93. The first-order valence-electron chi connectivity index (χ1n) is 11.2. The van der Waals surface area contributed by atoms with Crippen LogP contribution in [0, 0.1) is 0 Å². The van der Waals surface area contributed by atoms with Gasteiger partial charge < -0.3 is 15.5 Å². The van der Waals surface area contributed by atoms with Crippen LogP contribution in [-0.4, -0.2) is 59.1 Å². The standard InChI is InChI=1S/C25H30ClN5O2/c1-24(2,3)28-15-18-14-25(30-22(32)21(18)27-4)9-11-31(12-10-25)23(33)17-6-5-16-7-8-20(26)29-19(16)13-17/h5-8,13,15,27H,9-12,14H2,1-4H3,(H,30,32). The Morgan fingerprint density at radius 1 is 1.24 bits per heavy atom. The molecule has 1 aromatic heterocycles. The van der Waals surface area contributed by atoms with Gasteiger partial charge in [0.15, 0.2) is 0 Å². The van der Waals surface area contributed by atoms with E-state index in [0.29, 0.717) is 54.3 Å². The number of aliphatic imine (C=N–C) groups is 1. The molecule has 0 bridgehead atoms. The summed E-state index contributed by atoms with van der Waals surface area (Å²) in [6, 6.07) is 9.14. The van der Waals surface area contributed by atoms with Gasteiger partial charge in [-0.05, 0) is 64.3 Å². The highest BCUT2D eigenvalue weighted by Gasteiger charge is 2.42. The lowest BCUT2D eigenvalue weighted by Gasteiger charge is -2.45. The molecule has 3 heterocycles. The lowest BCUT2D eigenvalue weighted by atomic mass is 9.78. The monoisotopic (exact) mass is 467 g/mol. The highest BCUT2D eigenvalue weighted by Crippen LogP contribution is 2.33. The van der Waals surface area contributed by atoms with E-state index >= 15 is 0 Å². The fourth-order valence-corrected chi connectivity index (χ4v) is 4.60. The largest absolute Gasteiger partial charge is 0.383 e. The van der Waals surface area contributed by atoms with Gasteiger partial charge >= 0.3 is 0 Å². The molecule has 1 saturated heterocycles. The Kier molecular flexibility index (Phi) is 6.18. The van der Waals surface area contributed by atoms with Gasteiger partial charge in [-0.1, -0.05) is 17.7 Å². The van der Waals surface area contributed by atoms with Crippen molar-refractivity contribution in [1.29, 1.82) is 0 Å². The van der Waals surface area contributed by atoms with Gasteiger partial charge in [0.25, 0.3) is 11.8 Å². The number of rotatable bonds is 3. The van der Waals surface area contributed by atoms with Crippen molar-refractivity contribution in [3.05, 3.63) is 52.3 Å². The molecule has 2 amide bonds. The van der Waals surface area contributed by atoms with Crippen LogP contribution in [0.5, 0.6) is 0 Å². The summed E-state index contributed by atoms with van der Waals surface area (Å²) in [6.45, 7) is 7.23. The minimum Gasteiger partial charge on any atom is -0.383 e. The van der Waals surface area contributed by atoms with Crippen molar-refractivity contribution in [3.8, 4) is 0 Å². The number of amides is 2. The van der Waals surface area contributed by atoms with E-state index in [0.717, 1.165) is 11.0 Å². The van der Waals surface area contributed by atoms with Crippen molar-refractivity contribution in [2.75, 3.05) is 20.1 Å². The van der Waals surface area contributed by atoms with Crippen molar-refractivity contribution in [3.63, 3.8) is 0 Å². The number of carbonyl (C=O) groups excluding carboxylic acids is 2. The van der Waals surface area contributed by atoms with E-state index in [1.165, 1.54) is 0 Å². The number of halogens is 1. The van der Waals surface area contributed by atoms with Crippen LogP contribution in [0.1, 0.15) is 50.4 Å². The number of fused-ring (bicyclic) bond motifs is 1. The molecule has 0 atom stereocenters. The van der Waals surface area contributed by atoms with Gasteiger partial charge in [-0.2, -0.15) is 0 Å². The predicted molar refractivity (Wildman–Crippen MR) is 132 cm³/mol. The van der Waals surface area contributed by atoms with Crippen LogP contribution >= 0.6 is 11.6 Å². The molecule has 1 fully saturated rings. The van der Waals surface area contributed by atoms with E-state index in [9.17, 15) is 9.59 Å². The number of piperidine rings is 1. The van der Waals surface area contributed by atoms with Crippen molar-refractivity contribution >= 4 is 40.5 Å². The van der Waals surface area contributed by atoms with Crippen molar-refractivity contribution in [2.45, 2.75) is 51.1 Å². The van der Waals surface area contributed by atoms with E-state index in [4.69, 9.17) is 11.6 Å². The molecule has 2 aliphatic rings. The first kappa shape index (κ1) is 23.2. The summed E-state index contributed by atoms with van der Waals surface area (Å²) in [5, 5.41) is 7.57. The molecule has 2 N–H and O–H groups in total. The number of hydrogen-bond donors (Lipinski definition) is 2. The van der Waals surface area contributed by atoms with Gasteiger partial charge in [0.1, 0.15) is 10.9 Å². The molecule has 0 aliphatic carbocycles. The van der Waals surface area contributed by atoms with E-state index < -0.39 is 0 Å². The zero-order chi connectivity index (χ0) is 23.8. The highest BCUT2D eigenvalue weighted by molar-refractivity contribution is 6.29. The smallest absolute Gasteiger partial charge is 0.268 e. The van der Waals surface area contributed by atoms with E-state index in [2.05, 4.69) is 20.6 Å². The third-order valence-corrected chi connectivity index (χ3v) is 6.44. The minimum atomic E-state index is -0.369. The van der Waals surface area contributed by atoms with Crippen molar-refractivity contribution in [2.24, 2.45) is 4.99 Å². The first-order valence-corrected chi connectivity index (χ1v) is 11.6. The van der Waals surface area contributed by atoms with E-state index in [1.54, 1.807) is 19.2 Å². The lowest BCUT2D eigenvalue weighted by Crippen LogP contribution is -2.59. The molecule has 2 aliphatic heterocycles. The van der Waals surface area contributed by atoms with Crippen LogP contribution in [0.3, 0.4) is 0 Å². The molecule has 0 radical (unpaired) electrons. The second kappa shape index (κ2) is 8.78. The van der Waals surface area contributed by atoms with Gasteiger partial charge in [0, 0.05) is 48.4 Å². The summed E-state index contributed by atoms with van der Waals surface area (Å²) in [4.78, 5) is 36.8. The number of carbonyl (C=O) groups is 2. The van der Waals surface area contributed by atoms with Gasteiger partial charge in [0.05, 0.1) is 11.1 Å². The van der Waals surface area contributed by atoms with E-state index in [-0.39, 0.29) is 22.9 Å². The summed E-state index contributed by atoms with van der Waals surface area (Å²) < 4.78 is 0. The molecule has 7 nitrogen and oxygen atoms in total. The fraction of sp³-hybridized carbons (Fsp3) is 0.440. The fourth-order valence-electron chi connectivity index (χ4n) is 4.45. The van der Waals surface area contributed by atoms with E-state index in [1.807, 2.05) is 50.1 Å². The summed E-state index contributed by atoms with van der Waals surface area (Å²) in [7, 11) is 1.75. The third kappa shape index (κ3) is 5.03. The molecule has 1 aromatic carbocycles. The molecular weight excluding hydrogens is 438 g/mol. The van der Waals surface area contributed by atoms with Crippen molar-refractivity contribution < 1.29 is 9.59 Å². The molecule has 2 aromatic rings. The lowest BCUT2D eigenvalue weighted by molar-refractivity contribution is -0.121. The number of aromatic nitrogens is 1. The number of nitrogens with one attached hydrogen (secondary N) is 2. The Morgan fingerprint density at radius 3 is 2.61 bits per heavy atom. The summed E-state index contributed by atoms with van der Waals surface area (Å²) in [6.07, 6.45) is 3.89. The van der Waals surface area contributed by atoms with Crippen LogP contribution in [0.2, 0.25) is 5.15 Å². The SMILES string of the molecule is CNC1=C(C=NC(C)(C)C)CC2(CCN(C(=O)c3ccc4ccc(Cl)nc4c3)CC2)NC1=O. The number of hydrogen-bond acceptors (Lipinski definition) is 5. The van der Waals surface area contributed by atoms with Crippen LogP contribution in [0.25, 0.3) is 10.9 Å². The maximum absolute atomic E-state index is 13.2. The molecule has 0 unspecified atom stereocenters. The topological polar surface area (TPSA) is 86.7 Å². The van der Waals surface area contributed by atoms with Crippen LogP contribution in [0.15, 0.2) is 46.6 Å². The number of likely N-dealkylation sites (tertiary alicyclic amines) is 1. The quantitative estimate of drug-likeness (QED) is 0.532. The van der Waals surface area contributed by atoms with Gasteiger partial charge in [0.2, 0.25) is 0 Å². The number of likely N-dealkylation sites (N-methyl/N-ethyl adjacent to an activating group) is 1. The molecular formula is C25H30ClN5O2. The maximum atomic E-state index is 13.2. The number of nitrogens with zero attached hydrogens (tertiary/aromatic N) is 3. The number of pyridine rings is 1. The Morgan fingerprint density at radius 2 is 1.94 bits per heavy atom. The predicted octanol–water partition coefficient (Wildman–Crippen LogP) is 3.73. The Labute approximate surface area is 199 Å². The number of benzene rings is 1. The Balaban J connectivity index is 1.50. The van der Waals surface area contributed by atoms with Gasteiger partial charge in [-0.15, -0.1) is 0 Å². The average molecular weight is 468 g/mol. The molecule has 174 valence electrons. The zero-order valence-electron chi connectivity index (χ0n) is 19.5. The van der Waals surface area contributed by atoms with Crippen LogP contribution in [0.4, 0.5) is 0 Å². The Bertz CT molecular complexity index is 1160. The van der Waals surface area contributed by atoms with Gasteiger partial charge in [-0.3, -0.25) is 14.6 Å². The minimum absolute atomic E-state index is 0.0309. The summed E-state index contributed by atoms with van der Waals surface area (Å²) >= 11 is 6.02. The molecule has 8 heteroatoms. The van der Waals surface area contributed by atoms with Crippen LogP contribution < -0.4 is 10.6 Å². The zero-order valence-corrected chi connectivity index (χ0v) is 20.3. The highest BCUT2D eigenvalue weighted by atomic mass is 35.5. The second-order valence-electron chi connectivity index (χ2n) is 9.82. The van der Waals surface area contributed by atoms with Crippen molar-refractivity contribution in [1.82, 2.24) is 20.5 Å². The first-order chi connectivity index (χ1) is 15.6. The maximum Gasteiger partial charge on any atom is 0.268 e. The molecule has 1 spiro atoms. The third-order valence-electron chi connectivity index (χ3n) is 6.23. The molecule has 33 heavy (non-hydrogen) atoms. The second-order valence-corrected chi connectivity index (χ2v) is 10.2. The average Bonchev–Trinajstić information content (AvgIpc) is 2.76. The molecule has 0 saturated carbocycles. The molecule has 4 rings (SSSR count). The van der Waals surface area contributed by atoms with Gasteiger partial charge in [-0.25, -0.2) is 4.98 Å². The summed E-state index contributed by atoms with van der Waals surface area (Å²) in [5.41, 5.74) is 2.18.